The molecule has 106 valence electrons. The number of thiazole rings is 1. The predicted molar refractivity (Wildman–Crippen MR) is 83.0 cm³/mol. The number of hydrogen-bond donors (Lipinski definition) is 1. The van der Waals surface area contributed by atoms with Gasteiger partial charge in [-0.15, -0.1) is 11.3 Å². The Morgan fingerprint density at radius 1 is 1.30 bits per heavy atom. The number of anilines is 1. The summed E-state index contributed by atoms with van der Waals surface area (Å²) in [5, 5.41) is 5.87. The van der Waals surface area contributed by atoms with Gasteiger partial charge in [-0.2, -0.15) is 0 Å². The second-order valence-corrected chi connectivity index (χ2v) is 6.00. The average Bonchev–Trinajstić information content (AvgIpc) is 2.78. The van der Waals surface area contributed by atoms with E-state index in [4.69, 9.17) is 0 Å². The van der Waals surface area contributed by atoms with Crippen molar-refractivity contribution in [3.63, 3.8) is 0 Å². The number of benzene rings is 1. The summed E-state index contributed by atoms with van der Waals surface area (Å²) >= 11 is 1.60. The third kappa shape index (κ3) is 4.43. The highest BCUT2D eigenvalue weighted by atomic mass is 32.1. The van der Waals surface area contributed by atoms with Gasteiger partial charge in [0.25, 0.3) is 0 Å². The highest BCUT2D eigenvalue weighted by molar-refractivity contribution is 7.09. The fourth-order valence-corrected chi connectivity index (χ4v) is 2.69. The topological polar surface area (TPSA) is 45.2 Å². The summed E-state index contributed by atoms with van der Waals surface area (Å²) in [5.41, 5.74) is 2.83. The lowest BCUT2D eigenvalue weighted by Gasteiger charge is -2.05. The monoisotopic (exact) mass is 289 g/mol. The average molecular weight is 289 g/mol. The Morgan fingerprint density at radius 3 is 2.65 bits per heavy atom. The normalized spacial score (nSPS) is 10.8. The molecule has 4 nitrogen and oxygen atoms in total. The molecule has 0 unspecified atom stereocenters. The second-order valence-electron chi connectivity index (χ2n) is 5.06. The second kappa shape index (κ2) is 6.63. The van der Waals surface area contributed by atoms with Crippen LogP contribution in [0.4, 0.5) is 5.69 Å². The van der Waals surface area contributed by atoms with Gasteiger partial charge in [0, 0.05) is 17.6 Å². The summed E-state index contributed by atoms with van der Waals surface area (Å²) in [5.74, 6) is -0.0319. The zero-order chi connectivity index (χ0) is 14.5. The highest BCUT2D eigenvalue weighted by Gasteiger charge is 2.08. The van der Waals surface area contributed by atoms with Gasteiger partial charge < -0.3 is 10.2 Å². The van der Waals surface area contributed by atoms with E-state index in [9.17, 15) is 4.79 Å². The predicted octanol–water partition coefficient (Wildman–Crippen LogP) is 2.69. The van der Waals surface area contributed by atoms with Crippen molar-refractivity contribution in [1.82, 2.24) is 9.88 Å². The molecule has 0 fully saturated rings. The molecular weight excluding hydrogens is 270 g/mol. The minimum absolute atomic E-state index is 0.0319. The summed E-state index contributed by atoms with van der Waals surface area (Å²) < 4.78 is 0. The number of rotatable bonds is 5. The van der Waals surface area contributed by atoms with Crippen LogP contribution in [-0.4, -0.2) is 29.9 Å². The Hall–Kier alpha value is -1.72. The van der Waals surface area contributed by atoms with Gasteiger partial charge in [0.15, 0.2) is 0 Å². The molecule has 1 aromatic carbocycles. The Morgan fingerprint density at radius 2 is 2.00 bits per heavy atom. The van der Waals surface area contributed by atoms with Gasteiger partial charge in [-0.25, -0.2) is 4.98 Å². The fraction of sp³-hybridized carbons (Fsp3) is 0.333. The summed E-state index contributed by atoms with van der Waals surface area (Å²) in [4.78, 5) is 18.5. The lowest BCUT2D eigenvalue weighted by Crippen LogP contribution is -2.15. The number of aromatic nitrogens is 1. The number of carbonyl (C=O) groups excluding carboxylic acids is 1. The van der Waals surface area contributed by atoms with Crippen molar-refractivity contribution in [2.75, 3.05) is 19.4 Å². The maximum atomic E-state index is 11.9. The molecule has 2 rings (SSSR count). The highest BCUT2D eigenvalue weighted by Crippen LogP contribution is 2.13. The van der Waals surface area contributed by atoms with E-state index in [1.54, 1.807) is 11.3 Å². The first kappa shape index (κ1) is 14.7. The molecule has 5 heteroatoms. The van der Waals surface area contributed by atoms with Crippen LogP contribution in [0.25, 0.3) is 0 Å². The van der Waals surface area contributed by atoms with E-state index in [1.165, 1.54) is 5.56 Å². The summed E-state index contributed by atoms with van der Waals surface area (Å²) in [6, 6.07) is 7.78. The largest absolute Gasteiger partial charge is 0.326 e. The SMILES string of the molecule is Cc1ccc(NC(=O)Cc2csc(CN(C)C)n2)cc1. The van der Waals surface area contributed by atoms with Crippen LogP contribution in [0.1, 0.15) is 16.3 Å². The molecule has 1 heterocycles. The molecule has 0 atom stereocenters. The molecule has 2 aromatic rings. The van der Waals surface area contributed by atoms with E-state index in [2.05, 4.69) is 15.2 Å². The first-order valence-corrected chi connectivity index (χ1v) is 7.35. The summed E-state index contributed by atoms with van der Waals surface area (Å²) in [7, 11) is 4.01. The number of hydrogen-bond acceptors (Lipinski definition) is 4. The van der Waals surface area contributed by atoms with Crippen molar-refractivity contribution in [2.45, 2.75) is 19.9 Å². The fourth-order valence-electron chi connectivity index (χ4n) is 1.78. The van der Waals surface area contributed by atoms with Crippen molar-refractivity contribution in [3.05, 3.63) is 45.9 Å². The van der Waals surface area contributed by atoms with Gasteiger partial charge in [0.1, 0.15) is 5.01 Å². The van der Waals surface area contributed by atoms with Crippen molar-refractivity contribution < 1.29 is 4.79 Å². The number of aryl methyl sites for hydroxylation is 1. The lowest BCUT2D eigenvalue weighted by atomic mass is 10.2. The van der Waals surface area contributed by atoms with Gasteiger partial charge in [0.05, 0.1) is 12.1 Å². The quantitative estimate of drug-likeness (QED) is 0.920. The molecule has 0 radical (unpaired) electrons. The third-order valence-corrected chi connectivity index (χ3v) is 3.61. The van der Waals surface area contributed by atoms with Gasteiger partial charge >= 0.3 is 0 Å². The number of carbonyl (C=O) groups is 1. The standard InChI is InChI=1S/C15H19N3OS/c1-11-4-6-12(7-5-11)16-14(19)8-13-10-20-15(17-13)9-18(2)3/h4-7,10H,8-9H2,1-3H3,(H,16,19). The molecular formula is C15H19N3OS. The number of nitrogens with zero attached hydrogens (tertiary/aromatic N) is 2. The molecule has 0 aliphatic rings. The van der Waals surface area contributed by atoms with Crippen molar-refractivity contribution in [1.29, 1.82) is 0 Å². The Kier molecular flexibility index (Phi) is 4.87. The minimum Gasteiger partial charge on any atom is -0.326 e. The smallest absolute Gasteiger partial charge is 0.230 e. The van der Waals surface area contributed by atoms with E-state index >= 15 is 0 Å². The Balaban J connectivity index is 1.91. The van der Waals surface area contributed by atoms with Crippen LogP contribution < -0.4 is 5.32 Å². The molecule has 20 heavy (non-hydrogen) atoms. The third-order valence-electron chi connectivity index (χ3n) is 2.73. The Bertz CT molecular complexity index is 575. The molecule has 1 amide bonds. The van der Waals surface area contributed by atoms with Crippen molar-refractivity contribution >= 4 is 22.9 Å². The van der Waals surface area contributed by atoms with E-state index in [0.29, 0.717) is 6.42 Å². The Labute approximate surface area is 123 Å². The molecule has 0 aliphatic heterocycles. The minimum atomic E-state index is -0.0319. The maximum Gasteiger partial charge on any atom is 0.230 e. The zero-order valence-corrected chi connectivity index (χ0v) is 12.8. The first-order chi connectivity index (χ1) is 9.52. The molecule has 0 aliphatic carbocycles. The van der Waals surface area contributed by atoms with Crippen LogP contribution in [0, 0.1) is 6.92 Å². The van der Waals surface area contributed by atoms with Gasteiger partial charge in [0.2, 0.25) is 5.91 Å². The lowest BCUT2D eigenvalue weighted by molar-refractivity contribution is -0.115. The number of nitrogens with one attached hydrogen (secondary N) is 1. The summed E-state index contributed by atoms with van der Waals surface area (Å²) in [6.07, 6.45) is 0.317. The molecule has 0 bridgehead atoms. The van der Waals surface area contributed by atoms with Crippen LogP contribution in [0.5, 0.6) is 0 Å². The van der Waals surface area contributed by atoms with Gasteiger partial charge in [-0.3, -0.25) is 4.79 Å². The van der Waals surface area contributed by atoms with Crippen LogP contribution in [0.3, 0.4) is 0 Å². The van der Waals surface area contributed by atoms with Crippen LogP contribution in [-0.2, 0) is 17.8 Å². The van der Waals surface area contributed by atoms with E-state index in [0.717, 1.165) is 22.9 Å². The zero-order valence-electron chi connectivity index (χ0n) is 12.0. The van der Waals surface area contributed by atoms with E-state index in [1.807, 2.05) is 50.7 Å². The van der Waals surface area contributed by atoms with Crippen molar-refractivity contribution in [3.8, 4) is 0 Å². The van der Waals surface area contributed by atoms with Gasteiger partial charge in [-0.05, 0) is 33.2 Å². The van der Waals surface area contributed by atoms with Gasteiger partial charge in [-0.1, -0.05) is 17.7 Å². The van der Waals surface area contributed by atoms with Crippen LogP contribution >= 0.6 is 11.3 Å². The maximum absolute atomic E-state index is 11.9. The molecule has 0 saturated heterocycles. The van der Waals surface area contributed by atoms with Crippen molar-refractivity contribution in [2.24, 2.45) is 0 Å². The van der Waals surface area contributed by atoms with Crippen LogP contribution in [0.15, 0.2) is 29.6 Å². The van der Waals surface area contributed by atoms with Crippen LogP contribution in [0.2, 0.25) is 0 Å². The molecule has 0 spiro atoms. The first-order valence-electron chi connectivity index (χ1n) is 6.47. The summed E-state index contributed by atoms with van der Waals surface area (Å²) in [6.45, 7) is 2.83. The van der Waals surface area contributed by atoms with E-state index < -0.39 is 0 Å². The molecule has 0 saturated carbocycles. The van der Waals surface area contributed by atoms with E-state index in [-0.39, 0.29) is 5.91 Å². The number of amides is 1. The molecule has 1 aromatic heterocycles. The molecule has 1 N–H and O–H groups in total.